The molecule has 4 heteroatoms. The molecule has 0 aromatic heterocycles. The van der Waals surface area contributed by atoms with E-state index in [0.29, 0.717) is 0 Å². The molecule has 2 N–H and O–H groups in total. The Morgan fingerprint density at radius 3 is 2.45 bits per heavy atom. The van der Waals surface area contributed by atoms with Gasteiger partial charge in [-0.15, -0.1) is 0 Å². The van der Waals surface area contributed by atoms with Crippen molar-refractivity contribution in [2.75, 3.05) is 7.11 Å². The molecule has 3 nitrogen and oxygen atoms in total. The van der Waals surface area contributed by atoms with Crippen molar-refractivity contribution in [2.24, 2.45) is 0 Å². The molecule has 0 saturated heterocycles. The maximum atomic E-state index is 8.80. The predicted molar refractivity (Wildman–Crippen MR) is 43.1 cm³/mol. The van der Waals surface area contributed by atoms with Gasteiger partial charge < -0.3 is 14.8 Å². The normalized spacial score (nSPS) is 30.5. The van der Waals surface area contributed by atoms with Gasteiger partial charge in [-0.25, -0.2) is 0 Å². The lowest BCUT2D eigenvalue weighted by Gasteiger charge is -2.20. The molecule has 0 aromatic carbocycles. The number of hydrogen-bond acceptors (Lipinski definition) is 3. The molecular weight excluding hydrogens is 143 g/mol. The van der Waals surface area contributed by atoms with Crippen LogP contribution >= 0.6 is 0 Å². The van der Waals surface area contributed by atoms with E-state index in [2.05, 4.69) is 0 Å². The molecule has 11 heavy (non-hydrogen) atoms. The third-order valence-corrected chi connectivity index (χ3v) is 2.04. The molecule has 0 aliphatic heterocycles. The molecular formula is C7H13BO3. The van der Waals surface area contributed by atoms with E-state index in [1.54, 1.807) is 7.11 Å². The van der Waals surface area contributed by atoms with E-state index in [4.69, 9.17) is 14.8 Å². The maximum absolute atomic E-state index is 8.80. The molecule has 1 aliphatic carbocycles. The minimum Gasteiger partial charge on any atom is -0.427 e. The van der Waals surface area contributed by atoms with E-state index in [0.717, 1.165) is 12.8 Å². The molecule has 2 unspecified atom stereocenters. The van der Waals surface area contributed by atoms with Crippen LogP contribution in [0.2, 0.25) is 5.82 Å². The molecule has 0 heterocycles. The standard InChI is InChI=1S/C7H13BO3/c1-11-7-4-2-6(3-5-7)8(9)10/h2,4,6-7,9-10H,3,5H2,1H3. The van der Waals surface area contributed by atoms with Crippen LogP contribution in [0.4, 0.5) is 0 Å². The second-order valence-electron chi connectivity index (χ2n) is 2.81. The highest BCUT2D eigenvalue weighted by molar-refractivity contribution is 6.43. The summed E-state index contributed by atoms with van der Waals surface area (Å²) in [6.45, 7) is 0. The molecule has 0 fully saturated rings. The van der Waals surface area contributed by atoms with Gasteiger partial charge in [0.05, 0.1) is 6.10 Å². The van der Waals surface area contributed by atoms with Crippen molar-refractivity contribution < 1.29 is 14.8 Å². The Bertz CT molecular complexity index is 147. The summed E-state index contributed by atoms with van der Waals surface area (Å²) in [5.41, 5.74) is 0. The van der Waals surface area contributed by atoms with Crippen molar-refractivity contribution in [1.82, 2.24) is 0 Å². The van der Waals surface area contributed by atoms with Crippen LogP contribution in [0.3, 0.4) is 0 Å². The van der Waals surface area contributed by atoms with Crippen molar-refractivity contribution in [3.05, 3.63) is 12.2 Å². The molecule has 0 radical (unpaired) electrons. The SMILES string of the molecule is COC1C=CC(B(O)O)CC1. The molecule has 1 aliphatic rings. The highest BCUT2D eigenvalue weighted by Gasteiger charge is 2.24. The predicted octanol–water partition coefficient (Wildman–Crippen LogP) is 0.194. The molecule has 0 spiro atoms. The fourth-order valence-electron chi connectivity index (χ4n) is 1.26. The second kappa shape index (κ2) is 3.90. The van der Waals surface area contributed by atoms with E-state index >= 15 is 0 Å². The summed E-state index contributed by atoms with van der Waals surface area (Å²) < 4.78 is 5.07. The third-order valence-electron chi connectivity index (χ3n) is 2.04. The van der Waals surface area contributed by atoms with Gasteiger partial charge in [-0.05, 0) is 12.8 Å². The fraction of sp³-hybridized carbons (Fsp3) is 0.714. The molecule has 2 atom stereocenters. The van der Waals surface area contributed by atoms with Crippen LogP contribution in [-0.4, -0.2) is 30.4 Å². The minimum absolute atomic E-state index is 0.110. The van der Waals surface area contributed by atoms with Crippen LogP contribution < -0.4 is 0 Å². The number of rotatable bonds is 2. The molecule has 62 valence electrons. The first-order chi connectivity index (χ1) is 5.24. The summed E-state index contributed by atoms with van der Waals surface area (Å²) in [5.74, 6) is -0.110. The largest absolute Gasteiger partial charge is 0.458 e. The van der Waals surface area contributed by atoms with E-state index in [-0.39, 0.29) is 11.9 Å². The quantitative estimate of drug-likeness (QED) is 0.443. The first kappa shape index (κ1) is 8.78. The summed E-state index contributed by atoms with van der Waals surface area (Å²) in [5, 5.41) is 17.6. The minimum atomic E-state index is -1.22. The average molecular weight is 156 g/mol. The third kappa shape index (κ3) is 2.32. The molecule has 1 rings (SSSR count). The monoisotopic (exact) mass is 156 g/mol. The van der Waals surface area contributed by atoms with Crippen LogP contribution in [0.15, 0.2) is 12.2 Å². The van der Waals surface area contributed by atoms with Crippen molar-refractivity contribution in [1.29, 1.82) is 0 Å². The number of ether oxygens (including phenoxy) is 1. The topological polar surface area (TPSA) is 49.7 Å². The lowest BCUT2D eigenvalue weighted by molar-refractivity contribution is 0.127. The van der Waals surface area contributed by atoms with Crippen LogP contribution in [0.25, 0.3) is 0 Å². The number of hydrogen-bond donors (Lipinski definition) is 2. The van der Waals surface area contributed by atoms with Crippen LogP contribution in [0, 0.1) is 0 Å². The Balaban J connectivity index is 2.42. The zero-order chi connectivity index (χ0) is 8.27. The smallest absolute Gasteiger partial charge is 0.427 e. The lowest BCUT2D eigenvalue weighted by atomic mass is 9.68. The number of allylic oxidation sites excluding steroid dienone is 1. The van der Waals surface area contributed by atoms with Crippen LogP contribution in [0.5, 0.6) is 0 Å². The van der Waals surface area contributed by atoms with Crippen LogP contribution in [0.1, 0.15) is 12.8 Å². The Labute approximate surface area is 66.8 Å². The van der Waals surface area contributed by atoms with E-state index in [1.807, 2.05) is 12.2 Å². The first-order valence-corrected chi connectivity index (χ1v) is 3.81. The van der Waals surface area contributed by atoms with Gasteiger partial charge in [0.1, 0.15) is 0 Å². The molecule has 0 amide bonds. The average Bonchev–Trinajstić information content (AvgIpc) is 2.05. The Morgan fingerprint density at radius 2 is 2.09 bits per heavy atom. The van der Waals surface area contributed by atoms with Gasteiger partial charge >= 0.3 is 7.12 Å². The Morgan fingerprint density at radius 1 is 1.36 bits per heavy atom. The van der Waals surface area contributed by atoms with Gasteiger partial charge in [0, 0.05) is 12.9 Å². The van der Waals surface area contributed by atoms with Crippen molar-refractivity contribution in [3.63, 3.8) is 0 Å². The summed E-state index contributed by atoms with van der Waals surface area (Å²) in [4.78, 5) is 0. The van der Waals surface area contributed by atoms with Crippen molar-refractivity contribution >= 4 is 7.12 Å². The van der Waals surface area contributed by atoms with Crippen molar-refractivity contribution in [3.8, 4) is 0 Å². The molecule has 0 aromatic rings. The van der Waals surface area contributed by atoms with E-state index in [1.165, 1.54) is 0 Å². The van der Waals surface area contributed by atoms with Crippen molar-refractivity contribution in [2.45, 2.75) is 24.8 Å². The summed E-state index contributed by atoms with van der Waals surface area (Å²) >= 11 is 0. The zero-order valence-corrected chi connectivity index (χ0v) is 6.60. The lowest BCUT2D eigenvalue weighted by Crippen LogP contribution is -2.23. The highest BCUT2D eigenvalue weighted by atomic mass is 16.5. The van der Waals surface area contributed by atoms with Gasteiger partial charge in [-0.3, -0.25) is 0 Å². The van der Waals surface area contributed by atoms with Gasteiger partial charge in [0.2, 0.25) is 0 Å². The van der Waals surface area contributed by atoms with E-state index < -0.39 is 7.12 Å². The fourth-order valence-corrected chi connectivity index (χ4v) is 1.26. The molecule has 0 saturated carbocycles. The highest BCUT2D eigenvalue weighted by Crippen LogP contribution is 2.24. The van der Waals surface area contributed by atoms with Gasteiger partial charge in [-0.2, -0.15) is 0 Å². The summed E-state index contributed by atoms with van der Waals surface area (Å²) in [6, 6.07) is 0. The second-order valence-corrected chi connectivity index (χ2v) is 2.81. The summed E-state index contributed by atoms with van der Waals surface area (Å²) in [7, 11) is 0.439. The maximum Gasteiger partial charge on any atom is 0.458 e. The van der Waals surface area contributed by atoms with Gasteiger partial charge in [0.25, 0.3) is 0 Å². The van der Waals surface area contributed by atoms with E-state index in [9.17, 15) is 0 Å². The van der Waals surface area contributed by atoms with Gasteiger partial charge in [-0.1, -0.05) is 12.2 Å². The van der Waals surface area contributed by atoms with Crippen LogP contribution in [-0.2, 0) is 4.74 Å². The summed E-state index contributed by atoms with van der Waals surface area (Å²) in [6.07, 6.45) is 5.50. The zero-order valence-electron chi connectivity index (χ0n) is 6.60. The van der Waals surface area contributed by atoms with Gasteiger partial charge in [0.15, 0.2) is 0 Å². The Hall–Kier alpha value is -0.315. The Kier molecular flexibility index (Phi) is 3.11. The molecule has 0 bridgehead atoms. The first-order valence-electron chi connectivity index (χ1n) is 3.81. The number of methoxy groups -OCH3 is 1.